The molecule has 0 atom stereocenters. The summed E-state index contributed by atoms with van der Waals surface area (Å²) in [6.45, 7) is 3.68. The van der Waals surface area contributed by atoms with E-state index >= 15 is 0 Å². The number of fused-ring (bicyclic) bond motifs is 1. The van der Waals surface area contributed by atoms with Gasteiger partial charge in [0.25, 0.3) is 5.91 Å². The summed E-state index contributed by atoms with van der Waals surface area (Å²) in [6.07, 6.45) is 4.94. The highest BCUT2D eigenvalue weighted by molar-refractivity contribution is 6.30. The maximum atomic E-state index is 12.8. The molecule has 4 rings (SSSR count). The van der Waals surface area contributed by atoms with Crippen LogP contribution in [0.4, 0.5) is 0 Å². The molecule has 3 aromatic heterocycles. The van der Waals surface area contributed by atoms with Crippen molar-refractivity contribution in [3.8, 4) is 0 Å². The molecular formula is C20H19ClN4O2. The summed E-state index contributed by atoms with van der Waals surface area (Å²) in [6, 6.07) is 11.8. The maximum absolute atomic E-state index is 12.8. The summed E-state index contributed by atoms with van der Waals surface area (Å²) >= 11 is 5.86. The number of nitrogens with one attached hydrogen (secondary N) is 1. The number of hydrogen-bond donors (Lipinski definition) is 1. The van der Waals surface area contributed by atoms with Gasteiger partial charge in [-0.05, 0) is 18.1 Å². The Hall–Kier alpha value is -2.99. The van der Waals surface area contributed by atoms with Gasteiger partial charge in [-0.25, -0.2) is 0 Å². The number of amides is 1. The summed E-state index contributed by atoms with van der Waals surface area (Å²) in [5.41, 5.74) is 4.53. The fraction of sp³-hybridized carbons (Fsp3) is 0.200. The molecule has 138 valence electrons. The molecule has 4 aromatic rings. The molecule has 6 nitrogen and oxygen atoms in total. The lowest BCUT2D eigenvalue weighted by Gasteiger charge is -2.12. The van der Waals surface area contributed by atoms with E-state index in [0.717, 1.165) is 11.1 Å². The van der Waals surface area contributed by atoms with Gasteiger partial charge in [-0.2, -0.15) is 5.10 Å². The lowest BCUT2D eigenvalue weighted by molar-refractivity contribution is 0.0943. The summed E-state index contributed by atoms with van der Waals surface area (Å²) < 4.78 is 9.19. The molecule has 7 heteroatoms. The highest BCUT2D eigenvalue weighted by atomic mass is 35.5. The van der Waals surface area contributed by atoms with E-state index in [9.17, 15) is 4.79 Å². The molecule has 1 amide bonds. The van der Waals surface area contributed by atoms with E-state index in [-0.39, 0.29) is 5.91 Å². The first kappa shape index (κ1) is 17.4. The van der Waals surface area contributed by atoms with Crippen molar-refractivity contribution < 1.29 is 9.21 Å². The van der Waals surface area contributed by atoms with Crippen LogP contribution in [0.25, 0.3) is 11.1 Å². The molecular weight excluding hydrogens is 364 g/mol. The van der Waals surface area contributed by atoms with Crippen LogP contribution in [-0.2, 0) is 13.1 Å². The number of aryl methyl sites for hydroxylation is 1. The number of hydrogen-bond acceptors (Lipinski definition) is 3. The van der Waals surface area contributed by atoms with Crippen LogP contribution in [0.15, 0.2) is 59.5 Å². The highest BCUT2D eigenvalue weighted by Gasteiger charge is 2.18. The van der Waals surface area contributed by atoms with Gasteiger partial charge in [0.2, 0.25) is 0 Å². The smallest absolute Gasteiger partial charge is 0.268 e. The molecule has 0 bridgehead atoms. The summed E-state index contributed by atoms with van der Waals surface area (Å²) in [5, 5.41) is 7.63. The Morgan fingerprint density at radius 2 is 2.15 bits per heavy atom. The first-order valence-corrected chi connectivity index (χ1v) is 9.07. The van der Waals surface area contributed by atoms with Crippen LogP contribution < -0.4 is 5.32 Å². The Balaban J connectivity index is 1.54. The lowest BCUT2D eigenvalue weighted by Crippen LogP contribution is -2.29. The zero-order valence-corrected chi connectivity index (χ0v) is 15.6. The summed E-state index contributed by atoms with van der Waals surface area (Å²) in [5.74, 6) is -0.145. The van der Waals surface area contributed by atoms with E-state index in [0.29, 0.717) is 35.9 Å². The minimum absolute atomic E-state index is 0.145. The first-order chi connectivity index (χ1) is 13.1. The van der Waals surface area contributed by atoms with Gasteiger partial charge in [-0.3, -0.25) is 9.48 Å². The lowest BCUT2D eigenvalue weighted by atomic mass is 10.1. The second-order valence-electron chi connectivity index (χ2n) is 6.39. The van der Waals surface area contributed by atoms with Crippen LogP contribution >= 0.6 is 11.6 Å². The van der Waals surface area contributed by atoms with Crippen molar-refractivity contribution in [3.05, 3.63) is 76.9 Å². The van der Waals surface area contributed by atoms with Crippen LogP contribution in [0.1, 0.15) is 21.6 Å². The second kappa shape index (κ2) is 7.32. The number of nitrogens with zero attached hydrogens (tertiary/aromatic N) is 3. The molecule has 0 unspecified atom stereocenters. The van der Waals surface area contributed by atoms with E-state index in [1.807, 2.05) is 22.8 Å². The normalized spacial score (nSPS) is 11.2. The van der Waals surface area contributed by atoms with Gasteiger partial charge >= 0.3 is 0 Å². The number of carbonyl (C=O) groups is 1. The van der Waals surface area contributed by atoms with Gasteiger partial charge in [0.15, 0.2) is 5.58 Å². The van der Waals surface area contributed by atoms with Gasteiger partial charge < -0.3 is 14.3 Å². The summed E-state index contributed by atoms with van der Waals surface area (Å²) in [4.78, 5) is 12.8. The minimum Gasteiger partial charge on any atom is -0.463 e. The van der Waals surface area contributed by atoms with Gasteiger partial charge in [0.1, 0.15) is 5.69 Å². The molecule has 27 heavy (non-hydrogen) atoms. The van der Waals surface area contributed by atoms with E-state index in [4.69, 9.17) is 16.0 Å². The van der Waals surface area contributed by atoms with Crippen LogP contribution in [0.2, 0.25) is 5.02 Å². The third-order valence-electron chi connectivity index (χ3n) is 4.57. The first-order valence-electron chi connectivity index (χ1n) is 8.69. The SMILES string of the molecule is Cc1ccccc1Cn1c(C(=O)NCCn2cc(Cl)cn2)cc2occc21. The predicted molar refractivity (Wildman–Crippen MR) is 104 cm³/mol. The molecule has 0 radical (unpaired) electrons. The average Bonchev–Trinajstić information content (AvgIpc) is 3.34. The topological polar surface area (TPSA) is 65.0 Å². The van der Waals surface area contributed by atoms with Crippen molar-refractivity contribution in [2.75, 3.05) is 6.54 Å². The van der Waals surface area contributed by atoms with Gasteiger partial charge in [-0.15, -0.1) is 0 Å². The minimum atomic E-state index is -0.145. The zero-order valence-electron chi connectivity index (χ0n) is 14.9. The standard InChI is InChI=1S/C20H19ClN4O2/c1-14-4-2-3-5-15(14)12-25-17-6-9-27-19(17)10-18(25)20(26)22-7-8-24-13-16(21)11-23-24/h2-6,9-11,13H,7-8,12H2,1H3,(H,22,26). The molecule has 3 heterocycles. The number of benzene rings is 1. The molecule has 1 aromatic carbocycles. The fourth-order valence-corrected chi connectivity index (χ4v) is 3.28. The van der Waals surface area contributed by atoms with Gasteiger partial charge in [0.05, 0.1) is 29.5 Å². The largest absolute Gasteiger partial charge is 0.463 e. The molecule has 0 saturated carbocycles. The third-order valence-corrected chi connectivity index (χ3v) is 4.77. The fourth-order valence-electron chi connectivity index (χ4n) is 3.13. The monoisotopic (exact) mass is 382 g/mol. The molecule has 0 fully saturated rings. The third kappa shape index (κ3) is 3.61. The van der Waals surface area contributed by atoms with Crippen molar-refractivity contribution in [3.63, 3.8) is 0 Å². The van der Waals surface area contributed by atoms with Crippen molar-refractivity contribution in [1.29, 1.82) is 0 Å². The van der Waals surface area contributed by atoms with Crippen molar-refractivity contribution in [2.24, 2.45) is 0 Å². The summed E-state index contributed by atoms with van der Waals surface area (Å²) in [7, 11) is 0. The van der Waals surface area contributed by atoms with E-state index in [2.05, 4.69) is 29.5 Å². The zero-order chi connectivity index (χ0) is 18.8. The van der Waals surface area contributed by atoms with E-state index < -0.39 is 0 Å². The maximum Gasteiger partial charge on any atom is 0.268 e. The van der Waals surface area contributed by atoms with Crippen LogP contribution in [0.5, 0.6) is 0 Å². The molecule has 0 aliphatic rings. The van der Waals surface area contributed by atoms with Crippen LogP contribution in [0.3, 0.4) is 0 Å². The number of rotatable bonds is 6. The van der Waals surface area contributed by atoms with E-state index in [1.54, 1.807) is 29.4 Å². The predicted octanol–water partition coefficient (Wildman–Crippen LogP) is 3.87. The Bertz CT molecular complexity index is 1090. The second-order valence-corrected chi connectivity index (χ2v) is 6.83. The number of furan rings is 1. The Morgan fingerprint density at radius 1 is 1.30 bits per heavy atom. The molecule has 0 aliphatic heterocycles. The van der Waals surface area contributed by atoms with Crippen LogP contribution in [0, 0.1) is 6.92 Å². The highest BCUT2D eigenvalue weighted by Crippen LogP contribution is 2.23. The number of carbonyl (C=O) groups excluding carboxylic acids is 1. The van der Waals surface area contributed by atoms with Crippen molar-refractivity contribution >= 4 is 28.6 Å². The van der Waals surface area contributed by atoms with Crippen molar-refractivity contribution in [2.45, 2.75) is 20.0 Å². The van der Waals surface area contributed by atoms with Crippen LogP contribution in [-0.4, -0.2) is 26.8 Å². The quantitative estimate of drug-likeness (QED) is 0.550. The van der Waals surface area contributed by atoms with Gasteiger partial charge in [0, 0.05) is 31.4 Å². The molecule has 0 aliphatic carbocycles. The Labute approximate surface area is 161 Å². The molecule has 0 saturated heterocycles. The molecule has 0 spiro atoms. The van der Waals surface area contributed by atoms with Crippen molar-refractivity contribution in [1.82, 2.24) is 19.7 Å². The molecule has 1 N–H and O–H groups in total. The average molecular weight is 383 g/mol. The van der Waals surface area contributed by atoms with E-state index in [1.165, 1.54) is 5.56 Å². The number of aromatic nitrogens is 3. The number of halogens is 1. The Morgan fingerprint density at radius 3 is 2.93 bits per heavy atom. The Kier molecular flexibility index (Phi) is 4.73. The van der Waals surface area contributed by atoms with Gasteiger partial charge in [-0.1, -0.05) is 35.9 Å².